The average Bonchev–Trinajstić information content (AvgIpc) is 2.27. The summed E-state index contributed by atoms with van der Waals surface area (Å²) in [6.45, 7) is 4.40. The molecule has 0 amide bonds. The first-order valence-electron chi connectivity index (χ1n) is 4.31. The third-order valence-corrected chi connectivity index (χ3v) is 10.0. The van der Waals surface area contributed by atoms with E-state index in [-0.39, 0.29) is 5.41 Å². The summed E-state index contributed by atoms with van der Waals surface area (Å²) in [6, 6.07) is -1.04. The van der Waals surface area contributed by atoms with Gasteiger partial charge in [-0.2, -0.15) is 0 Å². The fraction of sp³-hybridized carbons (Fsp3) is 1.00. The lowest BCUT2D eigenvalue weighted by Gasteiger charge is -2.20. The fourth-order valence-corrected chi connectivity index (χ4v) is 8.64. The van der Waals surface area contributed by atoms with E-state index in [2.05, 4.69) is 13.8 Å². The number of fused-ring (bicyclic) bond motifs is 1. The zero-order valence-electron chi connectivity index (χ0n) is 7.31. The minimum atomic E-state index is -1.04. The Bertz CT molecular complexity index is 276. The van der Waals surface area contributed by atoms with Crippen LogP contribution in [-0.2, 0) is 11.8 Å². The van der Waals surface area contributed by atoms with E-state index in [9.17, 15) is 0 Å². The van der Waals surface area contributed by atoms with E-state index >= 15 is 0 Å². The molecule has 0 nitrogen and oxygen atoms in total. The Morgan fingerprint density at radius 2 is 2.17 bits per heavy atom. The summed E-state index contributed by atoms with van der Waals surface area (Å²) in [4.78, 5) is 0. The summed E-state index contributed by atoms with van der Waals surface area (Å²) in [5.74, 6) is 0.499. The van der Waals surface area contributed by atoms with Gasteiger partial charge in [0.1, 0.15) is 4.33 Å². The third kappa shape index (κ3) is 1.00. The van der Waals surface area contributed by atoms with Crippen LogP contribution in [0.15, 0.2) is 0 Å². The van der Waals surface area contributed by atoms with Crippen molar-refractivity contribution in [2.45, 2.75) is 18.2 Å². The predicted molar refractivity (Wildman–Crippen MR) is 60.6 cm³/mol. The van der Waals surface area contributed by atoms with Crippen LogP contribution < -0.4 is 0 Å². The highest BCUT2D eigenvalue weighted by Crippen LogP contribution is 2.81. The van der Waals surface area contributed by atoms with Crippen molar-refractivity contribution >= 4 is 41.0 Å². The van der Waals surface area contributed by atoms with Gasteiger partial charge in [0.25, 0.3) is 0 Å². The van der Waals surface area contributed by atoms with Gasteiger partial charge in [-0.25, -0.2) is 0 Å². The van der Waals surface area contributed by atoms with E-state index < -0.39 is 10.4 Å². The van der Waals surface area contributed by atoms with Crippen molar-refractivity contribution in [1.29, 1.82) is 0 Å². The largest absolute Gasteiger partial charge is 0.128 e. The number of hydrogen-bond donors (Lipinski definition) is 0. The summed E-state index contributed by atoms with van der Waals surface area (Å²) >= 11 is 18.0. The molecular formula is C8H13Cl2PS. The van der Waals surface area contributed by atoms with Crippen LogP contribution >= 0.6 is 29.2 Å². The first kappa shape index (κ1) is 9.77. The second-order valence-electron chi connectivity index (χ2n) is 4.31. The molecule has 4 heteroatoms. The summed E-state index contributed by atoms with van der Waals surface area (Å²) in [5.41, 5.74) is 0.168. The maximum absolute atomic E-state index is 6.17. The van der Waals surface area contributed by atoms with E-state index in [0.717, 1.165) is 12.3 Å². The van der Waals surface area contributed by atoms with E-state index in [1.54, 1.807) is 0 Å². The lowest BCUT2D eigenvalue weighted by atomic mass is 10.1. The highest BCUT2D eigenvalue weighted by atomic mass is 35.5. The molecule has 0 aromatic carbocycles. The van der Waals surface area contributed by atoms with Gasteiger partial charge in [0, 0.05) is 11.3 Å². The van der Waals surface area contributed by atoms with Crippen LogP contribution in [0.25, 0.3) is 0 Å². The Balaban J connectivity index is 2.22. The Hall–Kier alpha value is 1.23. The summed E-state index contributed by atoms with van der Waals surface area (Å²) in [5, 5.41) is 0. The Labute approximate surface area is 89.0 Å². The van der Waals surface area contributed by atoms with Crippen LogP contribution in [-0.4, -0.2) is 22.8 Å². The molecule has 2 rings (SSSR count). The van der Waals surface area contributed by atoms with Gasteiger partial charge in [0.15, 0.2) is 0 Å². The smallest absolute Gasteiger partial charge is 0.101 e. The maximum atomic E-state index is 6.17. The van der Waals surface area contributed by atoms with E-state index in [1.807, 2.05) is 0 Å². The van der Waals surface area contributed by atoms with Gasteiger partial charge in [-0.3, -0.25) is 0 Å². The van der Waals surface area contributed by atoms with Gasteiger partial charge in [-0.15, -0.1) is 23.2 Å². The molecule has 70 valence electrons. The quantitative estimate of drug-likeness (QED) is 0.503. The van der Waals surface area contributed by atoms with Crippen LogP contribution in [0.5, 0.6) is 0 Å². The number of halogens is 2. The molecule has 0 N–H and O–H groups in total. The zero-order chi connectivity index (χ0) is 9.20. The first-order valence-corrected chi connectivity index (χ1v) is 8.42. The van der Waals surface area contributed by atoms with Gasteiger partial charge in [0.2, 0.25) is 0 Å². The van der Waals surface area contributed by atoms with Crippen molar-refractivity contribution in [2.24, 2.45) is 11.3 Å². The van der Waals surface area contributed by atoms with E-state index in [1.165, 1.54) is 6.16 Å². The van der Waals surface area contributed by atoms with Gasteiger partial charge in [0.05, 0.1) is 0 Å². The number of alkyl halides is 2. The van der Waals surface area contributed by atoms with Crippen LogP contribution in [0.3, 0.4) is 0 Å². The molecule has 2 aliphatic rings. The van der Waals surface area contributed by atoms with Crippen molar-refractivity contribution in [3.8, 4) is 0 Å². The highest BCUT2D eigenvalue weighted by molar-refractivity contribution is 8.14. The van der Waals surface area contributed by atoms with E-state index in [0.29, 0.717) is 5.92 Å². The second-order valence-corrected chi connectivity index (χ2v) is 11.4. The van der Waals surface area contributed by atoms with Crippen molar-refractivity contribution in [2.75, 3.05) is 18.5 Å². The molecule has 1 saturated carbocycles. The molecule has 1 aliphatic heterocycles. The fourth-order valence-electron chi connectivity index (χ4n) is 2.44. The molecule has 0 radical (unpaired) electrons. The van der Waals surface area contributed by atoms with E-state index in [4.69, 9.17) is 35.0 Å². The molecule has 1 heterocycles. The van der Waals surface area contributed by atoms with Crippen molar-refractivity contribution in [3.05, 3.63) is 0 Å². The molecule has 1 saturated heterocycles. The molecule has 12 heavy (non-hydrogen) atoms. The third-order valence-electron chi connectivity index (χ3n) is 3.59. The van der Waals surface area contributed by atoms with Gasteiger partial charge in [-0.1, -0.05) is 25.7 Å². The molecule has 1 aliphatic carbocycles. The highest BCUT2D eigenvalue weighted by Gasteiger charge is 2.77. The lowest BCUT2D eigenvalue weighted by molar-refractivity contribution is 0.617. The molecule has 0 spiro atoms. The molecule has 1 unspecified atom stereocenters. The number of hydrogen-bond acceptors (Lipinski definition) is 1. The average molecular weight is 243 g/mol. The van der Waals surface area contributed by atoms with Crippen molar-refractivity contribution in [1.82, 2.24) is 0 Å². The van der Waals surface area contributed by atoms with Gasteiger partial charge >= 0.3 is 0 Å². The molecule has 0 aromatic rings. The molecule has 0 bridgehead atoms. The SMILES string of the molecule is CCP1(=S)C[C@H]2C(Cl)(Cl)[C@@]2(C)C1. The Kier molecular flexibility index (Phi) is 1.97. The monoisotopic (exact) mass is 242 g/mol. The van der Waals surface area contributed by atoms with Gasteiger partial charge in [-0.05, 0) is 24.5 Å². The van der Waals surface area contributed by atoms with Crippen LogP contribution in [0, 0.1) is 11.3 Å². The maximum Gasteiger partial charge on any atom is 0.128 e. The van der Waals surface area contributed by atoms with Crippen LogP contribution in [0.1, 0.15) is 13.8 Å². The molecular weight excluding hydrogens is 230 g/mol. The van der Waals surface area contributed by atoms with Crippen LogP contribution in [0.4, 0.5) is 0 Å². The molecule has 2 fully saturated rings. The summed E-state index contributed by atoms with van der Waals surface area (Å²) in [7, 11) is 0. The number of rotatable bonds is 1. The summed E-state index contributed by atoms with van der Waals surface area (Å²) < 4.78 is -0.440. The topological polar surface area (TPSA) is 0 Å². The Morgan fingerprint density at radius 1 is 1.58 bits per heavy atom. The van der Waals surface area contributed by atoms with Crippen molar-refractivity contribution < 1.29 is 0 Å². The minimum absolute atomic E-state index is 0.168. The standard InChI is InChI=1S/C8H13Cl2PS/c1-3-11(12)4-6-7(2,5-11)8(6,9)10/h6H,3-5H2,1-2H3/t6-,7+,11?/m1/s1. The van der Waals surface area contributed by atoms with Crippen molar-refractivity contribution in [3.63, 3.8) is 0 Å². The zero-order valence-corrected chi connectivity index (χ0v) is 10.5. The molecule has 0 aromatic heterocycles. The summed E-state index contributed by atoms with van der Waals surface area (Å²) in [6.07, 6.45) is 3.45. The molecule has 3 atom stereocenters. The van der Waals surface area contributed by atoms with Crippen LogP contribution in [0.2, 0.25) is 0 Å². The Morgan fingerprint density at radius 3 is 2.50 bits per heavy atom. The van der Waals surface area contributed by atoms with Gasteiger partial charge < -0.3 is 0 Å². The first-order chi connectivity index (χ1) is 5.36. The lowest BCUT2D eigenvalue weighted by Crippen LogP contribution is -2.11. The second kappa shape index (κ2) is 2.42. The predicted octanol–water partition coefficient (Wildman–Crippen LogP) is 3.31. The normalized spacial score (nSPS) is 55.2. The minimum Gasteiger partial charge on any atom is -0.101 e.